The minimum absolute atomic E-state index is 0.0295. The number of hydrogen-bond donors (Lipinski definition) is 2. The SMILES string of the molecule is NC(=O)c1ccc(N2CCCCC2CC(=O)O)nc1. The Bertz CT molecular complexity index is 473. The van der Waals surface area contributed by atoms with E-state index in [1.807, 2.05) is 4.90 Å². The Balaban J connectivity index is 2.17. The van der Waals surface area contributed by atoms with Crippen LogP contribution in [0.15, 0.2) is 18.3 Å². The topological polar surface area (TPSA) is 96.5 Å². The molecule has 6 nitrogen and oxygen atoms in total. The number of primary amides is 1. The second-order valence-corrected chi connectivity index (χ2v) is 4.71. The maximum Gasteiger partial charge on any atom is 0.305 e. The van der Waals surface area contributed by atoms with Gasteiger partial charge >= 0.3 is 5.97 Å². The molecule has 1 saturated heterocycles. The van der Waals surface area contributed by atoms with E-state index in [-0.39, 0.29) is 12.5 Å². The zero-order chi connectivity index (χ0) is 13.8. The molecule has 0 saturated carbocycles. The van der Waals surface area contributed by atoms with Crippen LogP contribution in [0.4, 0.5) is 5.82 Å². The summed E-state index contributed by atoms with van der Waals surface area (Å²) < 4.78 is 0. The normalized spacial score (nSPS) is 19.2. The predicted octanol–water partition coefficient (Wildman–Crippen LogP) is 1.01. The number of aliphatic carboxylic acids is 1. The van der Waals surface area contributed by atoms with Crippen LogP contribution in [-0.2, 0) is 4.79 Å². The molecule has 0 spiro atoms. The summed E-state index contributed by atoms with van der Waals surface area (Å²) in [4.78, 5) is 28.1. The second kappa shape index (κ2) is 5.69. The number of carbonyl (C=O) groups is 2. The van der Waals surface area contributed by atoms with Crippen LogP contribution in [0.25, 0.3) is 0 Å². The lowest BCUT2D eigenvalue weighted by molar-refractivity contribution is -0.137. The third-order valence-corrected chi connectivity index (χ3v) is 3.36. The molecule has 3 N–H and O–H groups in total. The van der Waals surface area contributed by atoms with Crippen molar-refractivity contribution in [3.8, 4) is 0 Å². The van der Waals surface area contributed by atoms with E-state index < -0.39 is 11.9 Å². The van der Waals surface area contributed by atoms with Crippen LogP contribution in [0.5, 0.6) is 0 Å². The van der Waals surface area contributed by atoms with Crippen LogP contribution in [0.3, 0.4) is 0 Å². The molecule has 0 aromatic carbocycles. The fourth-order valence-corrected chi connectivity index (χ4v) is 2.42. The van der Waals surface area contributed by atoms with E-state index in [1.165, 1.54) is 6.20 Å². The molecule has 1 aromatic heterocycles. The van der Waals surface area contributed by atoms with Crippen molar-refractivity contribution in [2.75, 3.05) is 11.4 Å². The summed E-state index contributed by atoms with van der Waals surface area (Å²) in [6.45, 7) is 0.793. The van der Waals surface area contributed by atoms with Crippen LogP contribution in [0.1, 0.15) is 36.0 Å². The van der Waals surface area contributed by atoms with E-state index in [0.29, 0.717) is 11.4 Å². The van der Waals surface area contributed by atoms with Gasteiger partial charge in [0.1, 0.15) is 5.82 Å². The second-order valence-electron chi connectivity index (χ2n) is 4.71. The van der Waals surface area contributed by atoms with Crippen LogP contribution in [0.2, 0.25) is 0 Å². The summed E-state index contributed by atoms with van der Waals surface area (Å²) in [7, 11) is 0. The van der Waals surface area contributed by atoms with Gasteiger partial charge in [-0.1, -0.05) is 0 Å². The van der Waals surface area contributed by atoms with E-state index in [0.717, 1.165) is 25.8 Å². The zero-order valence-corrected chi connectivity index (χ0v) is 10.6. The minimum Gasteiger partial charge on any atom is -0.481 e. The third kappa shape index (κ3) is 3.21. The molecule has 6 heteroatoms. The molecule has 1 fully saturated rings. The highest BCUT2D eigenvalue weighted by atomic mass is 16.4. The first-order valence-electron chi connectivity index (χ1n) is 6.32. The average molecular weight is 263 g/mol. The number of nitrogens with two attached hydrogens (primary N) is 1. The fraction of sp³-hybridized carbons (Fsp3) is 0.462. The van der Waals surface area contributed by atoms with E-state index in [9.17, 15) is 9.59 Å². The first kappa shape index (κ1) is 13.3. The van der Waals surface area contributed by atoms with Crippen molar-refractivity contribution in [3.05, 3.63) is 23.9 Å². The van der Waals surface area contributed by atoms with Gasteiger partial charge in [-0.25, -0.2) is 4.98 Å². The van der Waals surface area contributed by atoms with Gasteiger partial charge in [0.2, 0.25) is 5.91 Å². The lowest BCUT2D eigenvalue weighted by Crippen LogP contribution is -2.41. The molecule has 102 valence electrons. The molecule has 19 heavy (non-hydrogen) atoms. The number of piperidine rings is 1. The average Bonchev–Trinajstić information content (AvgIpc) is 2.39. The van der Waals surface area contributed by atoms with E-state index in [1.54, 1.807) is 12.1 Å². The number of nitrogens with zero attached hydrogens (tertiary/aromatic N) is 2. The summed E-state index contributed by atoms with van der Waals surface area (Å²) in [6.07, 6.45) is 4.46. The van der Waals surface area contributed by atoms with Gasteiger partial charge in [0.05, 0.1) is 12.0 Å². The first-order chi connectivity index (χ1) is 9.08. The quantitative estimate of drug-likeness (QED) is 0.845. The molecule has 1 aliphatic rings. The Morgan fingerprint density at radius 3 is 2.79 bits per heavy atom. The highest BCUT2D eigenvalue weighted by Gasteiger charge is 2.25. The van der Waals surface area contributed by atoms with E-state index >= 15 is 0 Å². The third-order valence-electron chi connectivity index (χ3n) is 3.36. The maximum absolute atomic E-state index is 11.0. The summed E-state index contributed by atoms with van der Waals surface area (Å²) in [5.74, 6) is -0.610. The molecule has 0 radical (unpaired) electrons. The van der Waals surface area contributed by atoms with E-state index in [4.69, 9.17) is 10.8 Å². The van der Waals surface area contributed by atoms with E-state index in [2.05, 4.69) is 4.98 Å². The number of carbonyl (C=O) groups excluding carboxylic acids is 1. The Kier molecular flexibility index (Phi) is 3.99. The Morgan fingerprint density at radius 2 is 2.21 bits per heavy atom. The summed E-state index contributed by atoms with van der Waals surface area (Å²) in [5, 5.41) is 8.94. The minimum atomic E-state index is -0.800. The number of anilines is 1. The van der Waals surface area contributed by atoms with Crippen molar-refractivity contribution in [1.29, 1.82) is 0 Å². The summed E-state index contributed by atoms with van der Waals surface area (Å²) in [5.41, 5.74) is 5.52. The molecule has 2 rings (SSSR count). The Morgan fingerprint density at radius 1 is 1.42 bits per heavy atom. The lowest BCUT2D eigenvalue weighted by Gasteiger charge is -2.35. The van der Waals surface area contributed by atoms with Crippen molar-refractivity contribution >= 4 is 17.7 Å². The highest BCUT2D eigenvalue weighted by molar-refractivity contribution is 5.92. The van der Waals surface area contributed by atoms with Gasteiger partial charge in [0.25, 0.3) is 0 Å². The summed E-state index contributed by atoms with van der Waals surface area (Å²) >= 11 is 0. The van der Waals surface area contributed by atoms with Gasteiger partial charge in [-0.3, -0.25) is 9.59 Å². The molecule has 1 aliphatic heterocycles. The predicted molar refractivity (Wildman–Crippen MR) is 70.0 cm³/mol. The zero-order valence-electron chi connectivity index (χ0n) is 10.6. The number of amides is 1. The summed E-state index contributed by atoms with van der Waals surface area (Å²) in [6, 6.07) is 3.32. The fourth-order valence-electron chi connectivity index (χ4n) is 2.42. The van der Waals surface area contributed by atoms with Gasteiger partial charge in [-0.2, -0.15) is 0 Å². The molecule has 0 bridgehead atoms. The lowest BCUT2D eigenvalue weighted by atomic mass is 9.99. The van der Waals surface area contributed by atoms with Gasteiger partial charge < -0.3 is 15.7 Å². The molecule has 1 unspecified atom stereocenters. The molecule has 1 aromatic rings. The van der Waals surface area contributed by atoms with Crippen LogP contribution < -0.4 is 10.6 Å². The highest BCUT2D eigenvalue weighted by Crippen LogP contribution is 2.25. The maximum atomic E-state index is 11.0. The van der Waals surface area contributed by atoms with Gasteiger partial charge in [-0.15, -0.1) is 0 Å². The molecular weight excluding hydrogens is 246 g/mol. The largest absolute Gasteiger partial charge is 0.481 e. The monoisotopic (exact) mass is 263 g/mol. The van der Waals surface area contributed by atoms with Crippen molar-refractivity contribution in [1.82, 2.24) is 4.98 Å². The number of pyridine rings is 1. The molecule has 2 heterocycles. The van der Waals surface area contributed by atoms with Gasteiger partial charge in [0, 0.05) is 18.8 Å². The smallest absolute Gasteiger partial charge is 0.305 e. The van der Waals surface area contributed by atoms with Gasteiger partial charge in [0.15, 0.2) is 0 Å². The Labute approximate surface area is 111 Å². The number of hydrogen-bond acceptors (Lipinski definition) is 4. The van der Waals surface area contributed by atoms with Crippen molar-refractivity contribution in [2.24, 2.45) is 5.73 Å². The van der Waals surface area contributed by atoms with Crippen molar-refractivity contribution in [3.63, 3.8) is 0 Å². The van der Waals surface area contributed by atoms with Crippen LogP contribution in [0, 0.1) is 0 Å². The number of aromatic nitrogens is 1. The number of rotatable bonds is 4. The van der Waals surface area contributed by atoms with Crippen molar-refractivity contribution in [2.45, 2.75) is 31.7 Å². The van der Waals surface area contributed by atoms with Gasteiger partial charge in [-0.05, 0) is 31.4 Å². The molecule has 1 amide bonds. The molecule has 0 aliphatic carbocycles. The standard InChI is InChI=1S/C13H17N3O3/c14-13(19)9-4-5-11(15-8-9)16-6-2-1-3-10(16)7-12(17)18/h4-5,8,10H,1-3,6-7H2,(H2,14,19)(H,17,18). The number of carboxylic acids is 1. The van der Waals surface area contributed by atoms with Crippen LogP contribution >= 0.6 is 0 Å². The van der Waals surface area contributed by atoms with Crippen LogP contribution in [-0.4, -0.2) is 34.6 Å². The Hall–Kier alpha value is -2.11. The first-order valence-corrected chi connectivity index (χ1v) is 6.32. The van der Waals surface area contributed by atoms with Crippen molar-refractivity contribution < 1.29 is 14.7 Å². The molecular formula is C13H17N3O3. The number of carboxylic acid groups (broad SMARTS) is 1. The molecule has 1 atom stereocenters.